The van der Waals surface area contributed by atoms with Crippen molar-refractivity contribution in [1.82, 2.24) is 4.90 Å². The zero-order valence-electron chi connectivity index (χ0n) is 10.7. The number of hydrogen-bond donors (Lipinski definition) is 2. The standard InChI is InChI=1S/C13H28N2O/c1-15(9-5-2-6-10-16)13-8-4-3-7-12(13)11-14/h12-13,16H,2-11,14H2,1H3. The maximum atomic E-state index is 8.73. The molecule has 1 aliphatic rings. The molecule has 0 radical (unpaired) electrons. The zero-order valence-corrected chi connectivity index (χ0v) is 10.7. The number of aliphatic hydroxyl groups excluding tert-OH is 1. The second kappa shape index (κ2) is 8.04. The maximum absolute atomic E-state index is 8.73. The van der Waals surface area contributed by atoms with E-state index in [-0.39, 0.29) is 0 Å². The van der Waals surface area contributed by atoms with E-state index in [2.05, 4.69) is 11.9 Å². The Kier molecular flexibility index (Phi) is 7.01. The van der Waals surface area contributed by atoms with Gasteiger partial charge in [0, 0.05) is 12.6 Å². The average Bonchev–Trinajstić information content (AvgIpc) is 2.34. The molecule has 0 aromatic rings. The lowest BCUT2D eigenvalue weighted by atomic mass is 9.83. The van der Waals surface area contributed by atoms with Gasteiger partial charge < -0.3 is 15.7 Å². The van der Waals surface area contributed by atoms with Gasteiger partial charge in [0.05, 0.1) is 0 Å². The van der Waals surface area contributed by atoms with Crippen molar-refractivity contribution in [3.8, 4) is 0 Å². The van der Waals surface area contributed by atoms with E-state index in [0.29, 0.717) is 18.6 Å². The molecule has 3 heteroatoms. The van der Waals surface area contributed by atoms with Crippen LogP contribution in [0.5, 0.6) is 0 Å². The van der Waals surface area contributed by atoms with Gasteiger partial charge in [0.1, 0.15) is 0 Å². The van der Waals surface area contributed by atoms with Crippen LogP contribution in [-0.4, -0.2) is 42.8 Å². The van der Waals surface area contributed by atoms with E-state index in [4.69, 9.17) is 10.8 Å². The molecule has 0 aromatic heterocycles. The first-order valence-corrected chi connectivity index (χ1v) is 6.80. The highest BCUT2D eigenvalue weighted by molar-refractivity contribution is 4.82. The van der Waals surface area contributed by atoms with E-state index in [1.807, 2.05) is 0 Å². The van der Waals surface area contributed by atoms with Crippen molar-refractivity contribution in [2.45, 2.75) is 51.0 Å². The van der Waals surface area contributed by atoms with Crippen LogP contribution in [0.15, 0.2) is 0 Å². The van der Waals surface area contributed by atoms with Crippen molar-refractivity contribution < 1.29 is 5.11 Å². The summed E-state index contributed by atoms with van der Waals surface area (Å²) in [7, 11) is 2.23. The number of nitrogens with two attached hydrogens (primary N) is 1. The highest BCUT2D eigenvalue weighted by Gasteiger charge is 2.26. The second-order valence-corrected chi connectivity index (χ2v) is 5.11. The van der Waals surface area contributed by atoms with Crippen LogP contribution in [0, 0.1) is 5.92 Å². The molecule has 0 heterocycles. The summed E-state index contributed by atoms with van der Waals surface area (Å²) in [5, 5.41) is 8.73. The molecule has 96 valence electrons. The molecule has 0 aliphatic heterocycles. The van der Waals surface area contributed by atoms with Crippen molar-refractivity contribution in [2.24, 2.45) is 11.7 Å². The molecule has 2 unspecified atom stereocenters. The molecule has 1 rings (SSSR count). The average molecular weight is 228 g/mol. The van der Waals surface area contributed by atoms with Crippen LogP contribution in [0.3, 0.4) is 0 Å². The second-order valence-electron chi connectivity index (χ2n) is 5.11. The van der Waals surface area contributed by atoms with Crippen LogP contribution in [0.25, 0.3) is 0 Å². The molecule has 1 aliphatic carbocycles. The fourth-order valence-electron chi connectivity index (χ4n) is 2.86. The third-order valence-electron chi connectivity index (χ3n) is 3.91. The first-order chi connectivity index (χ1) is 7.79. The Bertz CT molecular complexity index is 175. The van der Waals surface area contributed by atoms with Crippen LogP contribution in [0.1, 0.15) is 44.9 Å². The molecule has 0 aromatic carbocycles. The predicted octanol–water partition coefficient (Wildman–Crippen LogP) is 1.60. The summed E-state index contributed by atoms with van der Waals surface area (Å²) in [5.41, 5.74) is 5.85. The van der Waals surface area contributed by atoms with Gasteiger partial charge in [-0.15, -0.1) is 0 Å². The van der Waals surface area contributed by atoms with Gasteiger partial charge >= 0.3 is 0 Å². The zero-order chi connectivity index (χ0) is 11.8. The highest BCUT2D eigenvalue weighted by Crippen LogP contribution is 2.27. The smallest absolute Gasteiger partial charge is 0.0431 e. The lowest BCUT2D eigenvalue weighted by Gasteiger charge is -2.37. The summed E-state index contributed by atoms with van der Waals surface area (Å²) in [6.45, 7) is 2.32. The SMILES string of the molecule is CN(CCCCCO)C1CCCCC1CN. The van der Waals surface area contributed by atoms with Crippen LogP contribution in [0.2, 0.25) is 0 Å². The normalized spacial score (nSPS) is 26.2. The monoisotopic (exact) mass is 228 g/mol. The van der Waals surface area contributed by atoms with Gasteiger partial charge in [-0.2, -0.15) is 0 Å². The van der Waals surface area contributed by atoms with Crippen LogP contribution < -0.4 is 5.73 Å². The first-order valence-electron chi connectivity index (χ1n) is 6.80. The Hall–Kier alpha value is -0.120. The largest absolute Gasteiger partial charge is 0.396 e. The third-order valence-corrected chi connectivity index (χ3v) is 3.91. The van der Waals surface area contributed by atoms with E-state index in [1.165, 1.54) is 32.1 Å². The van der Waals surface area contributed by atoms with Gasteiger partial charge in [0.15, 0.2) is 0 Å². The van der Waals surface area contributed by atoms with Gasteiger partial charge in [-0.05, 0) is 58.2 Å². The fourth-order valence-corrected chi connectivity index (χ4v) is 2.86. The van der Waals surface area contributed by atoms with Crippen LogP contribution >= 0.6 is 0 Å². The van der Waals surface area contributed by atoms with E-state index in [1.54, 1.807) is 0 Å². The molecule has 2 atom stereocenters. The molecular weight excluding hydrogens is 200 g/mol. The number of unbranched alkanes of at least 4 members (excludes halogenated alkanes) is 2. The predicted molar refractivity (Wildman–Crippen MR) is 68.4 cm³/mol. The minimum absolute atomic E-state index is 0.332. The fraction of sp³-hybridized carbons (Fsp3) is 1.00. The molecule has 3 N–H and O–H groups in total. The van der Waals surface area contributed by atoms with Gasteiger partial charge in [-0.1, -0.05) is 12.8 Å². The summed E-state index contributed by atoms with van der Waals surface area (Å²) in [5.74, 6) is 0.705. The summed E-state index contributed by atoms with van der Waals surface area (Å²) in [4.78, 5) is 2.49. The molecule has 1 saturated carbocycles. The number of nitrogens with zero attached hydrogens (tertiary/aromatic N) is 1. The minimum Gasteiger partial charge on any atom is -0.396 e. The molecule has 0 bridgehead atoms. The van der Waals surface area contributed by atoms with Crippen molar-refractivity contribution in [1.29, 1.82) is 0 Å². The van der Waals surface area contributed by atoms with E-state index >= 15 is 0 Å². The Balaban J connectivity index is 2.24. The van der Waals surface area contributed by atoms with Crippen LogP contribution in [-0.2, 0) is 0 Å². The van der Waals surface area contributed by atoms with Crippen molar-refractivity contribution in [3.05, 3.63) is 0 Å². The Labute approximate surface area is 100 Å². The summed E-state index contributed by atoms with van der Waals surface area (Å²) in [6, 6.07) is 0.702. The Morgan fingerprint density at radius 2 is 1.94 bits per heavy atom. The molecule has 3 nitrogen and oxygen atoms in total. The Morgan fingerprint density at radius 1 is 1.19 bits per heavy atom. The quantitative estimate of drug-likeness (QED) is 0.651. The van der Waals surface area contributed by atoms with Crippen molar-refractivity contribution in [2.75, 3.05) is 26.7 Å². The highest BCUT2D eigenvalue weighted by atomic mass is 16.2. The Morgan fingerprint density at radius 3 is 2.62 bits per heavy atom. The molecule has 0 saturated heterocycles. The van der Waals surface area contributed by atoms with E-state index < -0.39 is 0 Å². The third kappa shape index (κ3) is 4.40. The molecule has 16 heavy (non-hydrogen) atoms. The number of aliphatic hydroxyl groups is 1. The number of hydrogen-bond acceptors (Lipinski definition) is 3. The van der Waals surface area contributed by atoms with E-state index in [0.717, 1.165) is 25.9 Å². The molecular formula is C13H28N2O. The maximum Gasteiger partial charge on any atom is 0.0431 e. The minimum atomic E-state index is 0.332. The summed E-state index contributed by atoms with van der Waals surface area (Å²) in [6.07, 6.45) is 8.63. The van der Waals surface area contributed by atoms with Gasteiger partial charge in [-0.25, -0.2) is 0 Å². The van der Waals surface area contributed by atoms with Gasteiger partial charge in [0.2, 0.25) is 0 Å². The molecule has 0 amide bonds. The van der Waals surface area contributed by atoms with E-state index in [9.17, 15) is 0 Å². The van der Waals surface area contributed by atoms with Gasteiger partial charge in [-0.3, -0.25) is 0 Å². The molecule has 1 fully saturated rings. The van der Waals surface area contributed by atoms with Crippen molar-refractivity contribution >= 4 is 0 Å². The summed E-state index contributed by atoms with van der Waals surface area (Å²) < 4.78 is 0. The topological polar surface area (TPSA) is 49.5 Å². The lowest BCUT2D eigenvalue weighted by Crippen LogP contribution is -2.43. The lowest BCUT2D eigenvalue weighted by molar-refractivity contribution is 0.131. The summed E-state index contributed by atoms with van der Waals surface area (Å²) >= 11 is 0. The molecule has 0 spiro atoms. The van der Waals surface area contributed by atoms with Crippen LogP contribution in [0.4, 0.5) is 0 Å². The van der Waals surface area contributed by atoms with Crippen molar-refractivity contribution in [3.63, 3.8) is 0 Å². The number of rotatable bonds is 7. The van der Waals surface area contributed by atoms with Gasteiger partial charge in [0.25, 0.3) is 0 Å². The first kappa shape index (κ1) is 13.9.